The number of fused-ring (bicyclic) bond motifs is 2. The molecule has 0 radical (unpaired) electrons. The molecule has 0 unspecified atom stereocenters. The summed E-state index contributed by atoms with van der Waals surface area (Å²) in [4.78, 5) is 18.4. The molecule has 1 aliphatic rings. The Morgan fingerprint density at radius 3 is 2.96 bits per heavy atom. The molecule has 3 heterocycles. The average molecular weight is 372 g/mol. The van der Waals surface area contributed by atoms with Crippen molar-refractivity contribution >= 4 is 33.2 Å². The van der Waals surface area contributed by atoms with Crippen molar-refractivity contribution in [3.63, 3.8) is 0 Å². The lowest BCUT2D eigenvalue weighted by Crippen LogP contribution is -2.38. The lowest BCUT2D eigenvalue weighted by Gasteiger charge is -2.28. The van der Waals surface area contributed by atoms with Gasteiger partial charge in [-0.1, -0.05) is 0 Å². The minimum absolute atomic E-state index is 0.0175. The smallest absolute Gasteiger partial charge is 0.265 e. The standard InChI is InChI=1S/C17H14BrN3O2/c1-2-21-14-7-11(3-5-15(14)23-10-17(21)22)13-9-20-8-12(18)4-6-16(20)19-13/h3-9H,2,10H2,1H3. The zero-order chi connectivity index (χ0) is 16.0. The maximum absolute atomic E-state index is 12.0. The lowest BCUT2D eigenvalue weighted by molar-refractivity contribution is -0.121. The van der Waals surface area contributed by atoms with Crippen LogP contribution in [0.1, 0.15) is 6.92 Å². The Morgan fingerprint density at radius 1 is 1.26 bits per heavy atom. The van der Waals surface area contributed by atoms with Gasteiger partial charge in [-0.05, 0) is 53.2 Å². The molecular weight excluding hydrogens is 358 g/mol. The van der Waals surface area contributed by atoms with Gasteiger partial charge in [0.2, 0.25) is 0 Å². The van der Waals surface area contributed by atoms with Crippen molar-refractivity contribution in [2.24, 2.45) is 0 Å². The van der Waals surface area contributed by atoms with Gasteiger partial charge in [0, 0.05) is 29.0 Å². The second-order valence-corrected chi connectivity index (χ2v) is 6.26. The number of aromatic nitrogens is 2. The fourth-order valence-electron chi connectivity index (χ4n) is 2.81. The van der Waals surface area contributed by atoms with E-state index in [-0.39, 0.29) is 12.5 Å². The van der Waals surface area contributed by atoms with Crippen molar-refractivity contribution < 1.29 is 9.53 Å². The Hall–Kier alpha value is -2.34. The Labute approximate surface area is 141 Å². The van der Waals surface area contributed by atoms with E-state index in [9.17, 15) is 4.79 Å². The molecule has 0 atom stereocenters. The van der Waals surface area contributed by atoms with Crippen LogP contribution in [0, 0.1) is 0 Å². The summed E-state index contributed by atoms with van der Waals surface area (Å²) in [5.74, 6) is 0.720. The van der Waals surface area contributed by atoms with Crippen molar-refractivity contribution in [3.05, 3.63) is 47.2 Å². The number of rotatable bonds is 2. The van der Waals surface area contributed by atoms with E-state index >= 15 is 0 Å². The molecule has 116 valence electrons. The van der Waals surface area contributed by atoms with E-state index in [1.54, 1.807) is 4.90 Å². The SMILES string of the molecule is CCN1C(=O)COc2ccc(-c3cn4cc(Br)ccc4n3)cc21. The van der Waals surface area contributed by atoms with Gasteiger partial charge in [-0.15, -0.1) is 0 Å². The number of amides is 1. The Balaban J connectivity index is 1.82. The molecular formula is C17H14BrN3O2. The summed E-state index contributed by atoms with van der Waals surface area (Å²) in [7, 11) is 0. The first-order chi connectivity index (χ1) is 11.2. The largest absolute Gasteiger partial charge is 0.482 e. The summed E-state index contributed by atoms with van der Waals surface area (Å²) < 4.78 is 8.48. The number of carbonyl (C=O) groups excluding carboxylic acids is 1. The van der Waals surface area contributed by atoms with Crippen LogP contribution in [0.25, 0.3) is 16.9 Å². The molecule has 23 heavy (non-hydrogen) atoms. The van der Waals surface area contributed by atoms with Crippen LogP contribution in [0.5, 0.6) is 5.75 Å². The number of imidazole rings is 1. The highest BCUT2D eigenvalue weighted by atomic mass is 79.9. The number of hydrogen-bond donors (Lipinski definition) is 0. The molecule has 4 rings (SSSR count). The summed E-state index contributed by atoms with van der Waals surface area (Å²) in [6.07, 6.45) is 3.94. The van der Waals surface area contributed by atoms with E-state index in [0.29, 0.717) is 6.54 Å². The number of pyridine rings is 1. The number of likely N-dealkylation sites (N-methyl/N-ethyl adjacent to an activating group) is 1. The third-order valence-corrected chi connectivity index (χ3v) is 4.40. The topological polar surface area (TPSA) is 46.8 Å². The first kappa shape index (κ1) is 14.3. The second kappa shape index (κ2) is 5.38. The molecule has 0 fully saturated rings. The molecule has 0 spiro atoms. The molecule has 1 aliphatic heterocycles. The third kappa shape index (κ3) is 2.39. The van der Waals surface area contributed by atoms with E-state index in [4.69, 9.17) is 4.74 Å². The zero-order valence-electron chi connectivity index (χ0n) is 12.5. The van der Waals surface area contributed by atoms with Crippen LogP contribution in [-0.4, -0.2) is 28.4 Å². The average Bonchev–Trinajstić information content (AvgIpc) is 2.97. The highest BCUT2D eigenvalue weighted by Gasteiger charge is 2.24. The molecule has 1 amide bonds. The molecule has 0 saturated carbocycles. The predicted molar refractivity (Wildman–Crippen MR) is 91.9 cm³/mol. The fraction of sp³-hybridized carbons (Fsp3) is 0.176. The van der Waals surface area contributed by atoms with Crippen molar-refractivity contribution in [2.75, 3.05) is 18.1 Å². The number of benzene rings is 1. The number of halogens is 1. The van der Waals surface area contributed by atoms with Gasteiger partial charge in [0.25, 0.3) is 5.91 Å². The van der Waals surface area contributed by atoms with Crippen molar-refractivity contribution in [3.8, 4) is 17.0 Å². The number of nitrogens with zero attached hydrogens (tertiary/aromatic N) is 3. The number of ether oxygens (including phenoxy) is 1. The molecule has 0 N–H and O–H groups in total. The first-order valence-corrected chi connectivity index (χ1v) is 8.17. The molecule has 0 aliphatic carbocycles. The lowest BCUT2D eigenvalue weighted by atomic mass is 10.1. The van der Waals surface area contributed by atoms with Crippen LogP contribution in [0.15, 0.2) is 47.2 Å². The van der Waals surface area contributed by atoms with E-state index in [1.165, 1.54) is 0 Å². The Morgan fingerprint density at radius 2 is 2.13 bits per heavy atom. The molecule has 2 aromatic heterocycles. The van der Waals surface area contributed by atoms with Crippen LogP contribution in [0.2, 0.25) is 0 Å². The van der Waals surface area contributed by atoms with Crippen LogP contribution in [0.4, 0.5) is 5.69 Å². The van der Waals surface area contributed by atoms with Gasteiger partial charge in [-0.2, -0.15) is 0 Å². The summed E-state index contributed by atoms with van der Waals surface area (Å²) in [5.41, 5.74) is 3.50. The van der Waals surface area contributed by atoms with Gasteiger partial charge in [0.05, 0.1) is 11.4 Å². The van der Waals surface area contributed by atoms with E-state index in [2.05, 4.69) is 20.9 Å². The molecule has 1 aromatic carbocycles. The van der Waals surface area contributed by atoms with Gasteiger partial charge in [-0.3, -0.25) is 4.79 Å². The summed E-state index contributed by atoms with van der Waals surface area (Å²) >= 11 is 3.46. The Kier molecular flexibility index (Phi) is 3.34. The normalized spacial score (nSPS) is 14.0. The van der Waals surface area contributed by atoms with E-state index in [1.807, 2.05) is 54.0 Å². The van der Waals surface area contributed by atoms with Gasteiger partial charge in [0.15, 0.2) is 6.61 Å². The molecule has 5 nitrogen and oxygen atoms in total. The Bertz CT molecular complexity index is 919. The quantitative estimate of drug-likeness (QED) is 0.692. The van der Waals surface area contributed by atoms with Crippen molar-refractivity contribution in [1.82, 2.24) is 9.38 Å². The summed E-state index contributed by atoms with van der Waals surface area (Å²) in [6.45, 7) is 2.68. The number of hydrogen-bond acceptors (Lipinski definition) is 3. The third-order valence-electron chi connectivity index (χ3n) is 3.93. The molecule has 6 heteroatoms. The maximum Gasteiger partial charge on any atom is 0.265 e. The van der Waals surface area contributed by atoms with Crippen LogP contribution >= 0.6 is 15.9 Å². The van der Waals surface area contributed by atoms with Gasteiger partial charge in [-0.25, -0.2) is 4.98 Å². The monoisotopic (exact) mass is 371 g/mol. The minimum atomic E-state index is -0.0175. The van der Waals surface area contributed by atoms with Crippen molar-refractivity contribution in [2.45, 2.75) is 6.92 Å². The first-order valence-electron chi connectivity index (χ1n) is 7.37. The molecule has 0 bridgehead atoms. The number of carbonyl (C=O) groups is 1. The van der Waals surface area contributed by atoms with Gasteiger partial charge >= 0.3 is 0 Å². The van der Waals surface area contributed by atoms with Crippen LogP contribution in [-0.2, 0) is 4.79 Å². The van der Waals surface area contributed by atoms with E-state index in [0.717, 1.165) is 32.8 Å². The van der Waals surface area contributed by atoms with Gasteiger partial charge in [0.1, 0.15) is 11.4 Å². The van der Waals surface area contributed by atoms with Gasteiger partial charge < -0.3 is 14.0 Å². The second-order valence-electron chi connectivity index (χ2n) is 5.35. The van der Waals surface area contributed by atoms with Crippen LogP contribution in [0.3, 0.4) is 0 Å². The highest BCUT2D eigenvalue weighted by Crippen LogP contribution is 2.35. The summed E-state index contributed by atoms with van der Waals surface area (Å²) in [5, 5.41) is 0. The fourth-order valence-corrected chi connectivity index (χ4v) is 3.16. The minimum Gasteiger partial charge on any atom is -0.482 e. The zero-order valence-corrected chi connectivity index (χ0v) is 14.1. The number of anilines is 1. The summed E-state index contributed by atoms with van der Waals surface area (Å²) in [6, 6.07) is 9.76. The molecule has 0 saturated heterocycles. The highest BCUT2D eigenvalue weighted by molar-refractivity contribution is 9.10. The van der Waals surface area contributed by atoms with Crippen LogP contribution < -0.4 is 9.64 Å². The molecule has 3 aromatic rings. The van der Waals surface area contributed by atoms with E-state index < -0.39 is 0 Å². The van der Waals surface area contributed by atoms with Crippen molar-refractivity contribution in [1.29, 1.82) is 0 Å². The predicted octanol–water partition coefficient (Wildman–Crippen LogP) is 3.51. The maximum atomic E-state index is 12.0.